The van der Waals surface area contributed by atoms with Crippen molar-refractivity contribution >= 4 is 16.8 Å². The zero-order valence-corrected chi connectivity index (χ0v) is 18.9. The van der Waals surface area contributed by atoms with Crippen LogP contribution in [0.1, 0.15) is 63.1 Å². The highest BCUT2D eigenvalue weighted by Crippen LogP contribution is 2.32. The molecule has 0 radical (unpaired) electrons. The van der Waals surface area contributed by atoms with Crippen molar-refractivity contribution in [1.29, 1.82) is 0 Å². The normalized spacial score (nSPS) is 10.8. The van der Waals surface area contributed by atoms with Gasteiger partial charge >= 0.3 is 0 Å². The van der Waals surface area contributed by atoms with Crippen LogP contribution in [0.2, 0.25) is 0 Å². The van der Waals surface area contributed by atoms with Gasteiger partial charge in [-0.15, -0.1) is 0 Å². The summed E-state index contributed by atoms with van der Waals surface area (Å²) in [6.07, 6.45) is 2.79. The lowest BCUT2D eigenvalue weighted by Crippen LogP contribution is -2.22. The van der Waals surface area contributed by atoms with E-state index in [0.717, 1.165) is 34.2 Å². The fourth-order valence-corrected chi connectivity index (χ4v) is 3.38. The third-order valence-electron chi connectivity index (χ3n) is 5.09. The number of phenolic OH excluding ortho intramolecular Hbond substituents is 1. The third kappa shape index (κ3) is 6.02. The first kappa shape index (κ1) is 23.3. The van der Waals surface area contributed by atoms with Gasteiger partial charge in [0.2, 0.25) is 5.91 Å². The smallest absolute Gasteiger partial charge is 0.216 e. The number of benzene rings is 2. The van der Waals surface area contributed by atoms with Gasteiger partial charge in [0.15, 0.2) is 0 Å². The van der Waals surface area contributed by atoms with Gasteiger partial charge in [-0.05, 0) is 53.1 Å². The number of hydrogen-bond acceptors (Lipinski definition) is 3. The highest BCUT2D eigenvalue weighted by atomic mass is 16.5. The topological polar surface area (TPSA) is 74.3 Å². The number of hydrogen-bond donors (Lipinski definition) is 3. The summed E-state index contributed by atoms with van der Waals surface area (Å²) in [6, 6.07) is 11.9. The maximum atomic E-state index is 10.8. The first-order chi connectivity index (χ1) is 14.2. The average Bonchev–Trinajstić information content (AvgIpc) is 3.10. The molecule has 2 aromatic carbocycles. The van der Waals surface area contributed by atoms with E-state index in [1.165, 1.54) is 12.5 Å². The van der Waals surface area contributed by atoms with Gasteiger partial charge in [0.1, 0.15) is 11.5 Å². The van der Waals surface area contributed by atoms with Gasteiger partial charge < -0.3 is 20.1 Å². The molecule has 3 N–H and O–H groups in total. The molecule has 0 unspecified atom stereocenters. The maximum Gasteiger partial charge on any atom is 0.216 e. The molecule has 1 aromatic heterocycles. The van der Waals surface area contributed by atoms with Crippen molar-refractivity contribution in [2.24, 2.45) is 0 Å². The lowest BCUT2D eigenvalue weighted by molar-refractivity contribution is -0.118. The number of carbonyl (C=O) groups excluding carboxylic acids is 1. The Morgan fingerprint density at radius 3 is 2.27 bits per heavy atom. The minimum atomic E-state index is 0.00224. The number of fused-ring (bicyclic) bond motifs is 1. The van der Waals surface area contributed by atoms with Crippen LogP contribution in [0.4, 0.5) is 0 Å². The molecule has 0 spiro atoms. The second kappa shape index (κ2) is 10.7. The molecule has 5 heteroatoms. The molecule has 0 saturated heterocycles. The van der Waals surface area contributed by atoms with Crippen molar-refractivity contribution in [3.05, 3.63) is 59.3 Å². The summed E-state index contributed by atoms with van der Waals surface area (Å²) in [5.41, 5.74) is 4.37. The molecule has 1 heterocycles. The van der Waals surface area contributed by atoms with Crippen molar-refractivity contribution in [3.8, 4) is 11.5 Å². The van der Waals surface area contributed by atoms with Crippen LogP contribution in [0.25, 0.3) is 10.9 Å². The zero-order chi connectivity index (χ0) is 22.3. The number of rotatable bonds is 6. The van der Waals surface area contributed by atoms with Gasteiger partial charge in [-0.3, -0.25) is 4.79 Å². The van der Waals surface area contributed by atoms with Crippen molar-refractivity contribution < 1.29 is 14.6 Å². The Labute approximate surface area is 179 Å². The van der Waals surface area contributed by atoms with E-state index < -0.39 is 0 Å². The highest BCUT2D eigenvalue weighted by molar-refractivity contribution is 5.84. The monoisotopic (exact) mass is 410 g/mol. The predicted octanol–water partition coefficient (Wildman–Crippen LogP) is 5.49. The number of amides is 1. The molecular formula is C25H34N2O3. The minimum Gasteiger partial charge on any atom is -0.507 e. The van der Waals surface area contributed by atoms with Crippen LogP contribution in [0.15, 0.2) is 42.6 Å². The summed E-state index contributed by atoms with van der Waals surface area (Å²) in [5, 5.41) is 13.9. The molecule has 0 aliphatic heterocycles. The minimum absolute atomic E-state index is 0.00224. The number of aromatic nitrogens is 1. The van der Waals surface area contributed by atoms with E-state index in [2.05, 4.69) is 38.0 Å². The van der Waals surface area contributed by atoms with Gasteiger partial charge in [-0.2, -0.15) is 0 Å². The Morgan fingerprint density at radius 1 is 1.10 bits per heavy atom. The van der Waals surface area contributed by atoms with Crippen molar-refractivity contribution in [3.63, 3.8) is 0 Å². The number of phenols is 1. The standard InChI is InChI=1S/C13H16N2O2.C12H18O/c1-9(16)14-6-5-10-8-15-13-4-3-11(17-2)7-12(10)13;1-8(2)10-6-5-7-11(9(3)4)12(10)13/h3-4,7-8,15H,5-6H2,1-2H3,(H,14,16);5-9,13H,1-4H3. The number of carbonyl (C=O) groups is 1. The van der Waals surface area contributed by atoms with Crippen LogP contribution in [0.5, 0.6) is 11.5 Å². The molecule has 0 saturated carbocycles. The van der Waals surface area contributed by atoms with Crippen LogP contribution >= 0.6 is 0 Å². The summed E-state index contributed by atoms with van der Waals surface area (Å²) >= 11 is 0. The fourth-order valence-electron chi connectivity index (χ4n) is 3.38. The Balaban J connectivity index is 0.000000222. The summed E-state index contributed by atoms with van der Waals surface area (Å²) in [7, 11) is 1.66. The van der Waals surface area contributed by atoms with Crippen LogP contribution in [-0.4, -0.2) is 29.7 Å². The largest absolute Gasteiger partial charge is 0.507 e. The van der Waals surface area contributed by atoms with E-state index >= 15 is 0 Å². The van der Waals surface area contributed by atoms with Crippen molar-refractivity contribution in [1.82, 2.24) is 10.3 Å². The Morgan fingerprint density at radius 2 is 1.73 bits per heavy atom. The summed E-state index contributed by atoms with van der Waals surface area (Å²) in [6.45, 7) is 10.6. The molecule has 0 atom stereocenters. The number of para-hydroxylation sites is 1. The number of aromatic hydroxyl groups is 1. The maximum absolute atomic E-state index is 10.8. The molecular weight excluding hydrogens is 376 g/mol. The Hall–Kier alpha value is -2.95. The summed E-state index contributed by atoms with van der Waals surface area (Å²) in [4.78, 5) is 14.0. The molecule has 162 valence electrons. The van der Waals surface area contributed by atoms with Crippen LogP contribution in [-0.2, 0) is 11.2 Å². The first-order valence-electron chi connectivity index (χ1n) is 10.4. The molecule has 0 aliphatic carbocycles. The predicted molar refractivity (Wildman–Crippen MR) is 124 cm³/mol. The van der Waals surface area contributed by atoms with Crippen LogP contribution in [0.3, 0.4) is 0 Å². The lowest BCUT2D eigenvalue weighted by atomic mass is 9.94. The number of H-pyrrole nitrogens is 1. The van der Waals surface area contributed by atoms with Gasteiger partial charge in [0.25, 0.3) is 0 Å². The Kier molecular flexibility index (Phi) is 8.34. The molecule has 0 aliphatic rings. The Bertz CT molecular complexity index is 947. The van der Waals surface area contributed by atoms with Gasteiger partial charge in [-0.1, -0.05) is 45.9 Å². The van der Waals surface area contributed by atoms with E-state index in [9.17, 15) is 9.90 Å². The van der Waals surface area contributed by atoms with Crippen molar-refractivity contribution in [2.75, 3.05) is 13.7 Å². The number of methoxy groups -OCH3 is 1. The second-order valence-electron chi connectivity index (χ2n) is 8.05. The van der Waals surface area contributed by atoms with Gasteiger partial charge in [0, 0.05) is 30.6 Å². The second-order valence-corrected chi connectivity index (χ2v) is 8.05. The first-order valence-corrected chi connectivity index (χ1v) is 10.4. The van der Waals surface area contributed by atoms with E-state index in [4.69, 9.17) is 4.74 Å². The average molecular weight is 411 g/mol. The van der Waals surface area contributed by atoms with Crippen LogP contribution < -0.4 is 10.1 Å². The van der Waals surface area contributed by atoms with E-state index in [1.54, 1.807) is 7.11 Å². The van der Waals surface area contributed by atoms with Gasteiger partial charge in [0.05, 0.1) is 7.11 Å². The molecule has 0 bridgehead atoms. The molecule has 1 amide bonds. The summed E-state index contributed by atoms with van der Waals surface area (Å²) in [5.74, 6) is 2.10. The molecule has 30 heavy (non-hydrogen) atoms. The van der Waals surface area contributed by atoms with E-state index in [0.29, 0.717) is 24.1 Å². The SMILES string of the molecule is CC(C)c1cccc(C(C)C)c1O.COc1ccc2[nH]cc(CCNC(C)=O)c2c1. The highest BCUT2D eigenvalue weighted by Gasteiger charge is 2.11. The number of aromatic amines is 1. The molecule has 0 fully saturated rings. The fraction of sp³-hybridized carbons (Fsp3) is 0.400. The van der Waals surface area contributed by atoms with E-state index in [-0.39, 0.29) is 5.91 Å². The number of ether oxygens (including phenoxy) is 1. The quantitative estimate of drug-likeness (QED) is 0.503. The van der Waals surface area contributed by atoms with Crippen molar-refractivity contribution in [2.45, 2.75) is 52.9 Å². The van der Waals surface area contributed by atoms with Gasteiger partial charge in [-0.25, -0.2) is 0 Å². The summed E-state index contributed by atoms with van der Waals surface area (Å²) < 4.78 is 5.21. The molecule has 3 aromatic rings. The van der Waals surface area contributed by atoms with E-state index in [1.807, 2.05) is 42.6 Å². The third-order valence-corrected chi connectivity index (χ3v) is 5.09. The molecule has 3 rings (SSSR count). The number of nitrogens with one attached hydrogen (secondary N) is 2. The lowest BCUT2D eigenvalue weighted by Gasteiger charge is -2.14. The molecule has 5 nitrogen and oxygen atoms in total. The zero-order valence-electron chi connectivity index (χ0n) is 18.9. The van der Waals surface area contributed by atoms with Crippen LogP contribution in [0, 0.1) is 0 Å².